The second kappa shape index (κ2) is 8.46. The minimum atomic E-state index is -0.582. The topological polar surface area (TPSA) is 114 Å². The van der Waals surface area contributed by atoms with E-state index in [0.29, 0.717) is 11.7 Å². The van der Waals surface area contributed by atoms with Gasteiger partial charge in [0.2, 0.25) is 0 Å². The highest BCUT2D eigenvalue weighted by molar-refractivity contribution is 5.89. The van der Waals surface area contributed by atoms with Crippen LogP contribution >= 0.6 is 0 Å². The predicted octanol–water partition coefficient (Wildman–Crippen LogP) is 4.64. The molecule has 1 saturated heterocycles. The van der Waals surface area contributed by atoms with Gasteiger partial charge in [-0.05, 0) is 69.2 Å². The lowest BCUT2D eigenvalue weighted by atomic mass is 9.96. The smallest absolute Gasteiger partial charge is 0.163 e. The molecule has 0 spiro atoms. The van der Waals surface area contributed by atoms with E-state index in [1.807, 2.05) is 38.2 Å². The number of nitrogens with zero attached hydrogens (tertiary/aromatic N) is 4. The van der Waals surface area contributed by atoms with Crippen molar-refractivity contribution in [3.8, 4) is 0 Å². The summed E-state index contributed by atoms with van der Waals surface area (Å²) < 4.78 is 15.0. The second-order valence-corrected chi connectivity index (χ2v) is 10.4. The monoisotopic (exact) mass is 472 g/mol. The molecule has 8 nitrogen and oxygen atoms in total. The number of hydrogen-bond donors (Lipinski definition) is 2. The van der Waals surface area contributed by atoms with Crippen LogP contribution in [0.25, 0.3) is 21.9 Å². The van der Waals surface area contributed by atoms with E-state index in [4.69, 9.17) is 20.9 Å². The first-order valence-corrected chi connectivity index (χ1v) is 12.5. The van der Waals surface area contributed by atoms with Crippen LogP contribution in [0, 0.1) is 5.92 Å². The van der Waals surface area contributed by atoms with Crippen molar-refractivity contribution in [1.82, 2.24) is 19.5 Å². The maximum Gasteiger partial charge on any atom is 0.163 e. The number of anilines is 2. The highest BCUT2D eigenvalue weighted by Crippen LogP contribution is 2.49. The van der Waals surface area contributed by atoms with Crippen molar-refractivity contribution in [2.75, 3.05) is 11.5 Å². The summed E-state index contributed by atoms with van der Waals surface area (Å²) in [4.78, 5) is 13.2. The Morgan fingerprint density at radius 2 is 1.91 bits per heavy atom. The molecule has 6 rings (SSSR count). The average molecular weight is 473 g/mol. The molecule has 4 heterocycles. The number of para-hydroxylation sites is 1. The fourth-order valence-corrected chi connectivity index (χ4v) is 5.97. The van der Waals surface area contributed by atoms with Crippen molar-refractivity contribution >= 4 is 33.4 Å². The standard InChI is InChI=1S/C27H32N6O2/c1-27(2)34-23-18(7-4-3-6-16-12-17-8-5-9-20(28)22(17)30-14-16)13-21(24(23)35-27)33-11-10-19-25(29)31-15-32-26(19)33/h5,8-12,14-15,18,21,23-24H,3-4,6-7,13,28H2,1-2H3,(H2,29,31,32)/t18-,21+,23+,24-/m0/s1. The molecule has 3 aromatic heterocycles. The van der Waals surface area contributed by atoms with Gasteiger partial charge in [-0.25, -0.2) is 9.97 Å². The van der Waals surface area contributed by atoms with Crippen molar-refractivity contribution in [1.29, 1.82) is 0 Å². The van der Waals surface area contributed by atoms with Gasteiger partial charge in [-0.3, -0.25) is 4.98 Å². The fraction of sp³-hybridized carbons (Fsp3) is 0.444. The molecule has 1 aliphatic heterocycles. The Morgan fingerprint density at radius 3 is 2.80 bits per heavy atom. The summed E-state index contributed by atoms with van der Waals surface area (Å²) >= 11 is 0. The largest absolute Gasteiger partial charge is 0.397 e. The number of unbranched alkanes of at least 4 members (excludes halogenated alkanes) is 1. The van der Waals surface area contributed by atoms with Crippen LogP contribution in [-0.4, -0.2) is 37.5 Å². The molecule has 1 aliphatic carbocycles. The number of rotatable bonds is 6. The molecule has 35 heavy (non-hydrogen) atoms. The van der Waals surface area contributed by atoms with Crippen LogP contribution in [0.15, 0.2) is 49.1 Å². The molecule has 4 aromatic rings. The summed E-state index contributed by atoms with van der Waals surface area (Å²) in [6, 6.07) is 10.3. The molecule has 1 aromatic carbocycles. The van der Waals surface area contributed by atoms with E-state index < -0.39 is 5.79 Å². The molecule has 4 atom stereocenters. The molecule has 2 fully saturated rings. The van der Waals surface area contributed by atoms with Gasteiger partial charge < -0.3 is 25.5 Å². The summed E-state index contributed by atoms with van der Waals surface area (Å²) in [6.07, 6.45) is 11.0. The van der Waals surface area contributed by atoms with Crippen LogP contribution in [0.3, 0.4) is 0 Å². The van der Waals surface area contributed by atoms with Crippen LogP contribution in [-0.2, 0) is 15.9 Å². The molecule has 8 heteroatoms. The lowest BCUT2D eigenvalue weighted by Gasteiger charge is -2.24. The first-order chi connectivity index (χ1) is 16.9. The molecule has 0 amide bonds. The van der Waals surface area contributed by atoms with Crippen molar-refractivity contribution in [3.63, 3.8) is 0 Å². The van der Waals surface area contributed by atoms with Crippen LogP contribution < -0.4 is 11.5 Å². The van der Waals surface area contributed by atoms with Crippen LogP contribution in [0.1, 0.15) is 51.1 Å². The Bertz CT molecular complexity index is 1380. The van der Waals surface area contributed by atoms with Crippen LogP contribution in [0.4, 0.5) is 11.5 Å². The number of aryl methyl sites for hydroxylation is 1. The predicted molar refractivity (Wildman–Crippen MR) is 137 cm³/mol. The summed E-state index contributed by atoms with van der Waals surface area (Å²) in [5.41, 5.74) is 15.8. The van der Waals surface area contributed by atoms with Crippen molar-refractivity contribution in [2.45, 2.75) is 70.0 Å². The third-order valence-electron chi connectivity index (χ3n) is 7.54. The summed E-state index contributed by atoms with van der Waals surface area (Å²) in [7, 11) is 0. The quantitative estimate of drug-likeness (QED) is 0.310. The van der Waals surface area contributed by atoms with E-state index in [1.165, 1.54) is 11.9 Å². The number of nitrogens with two attached hydrogens (primary N) is 2. The van der Waals surface area contributed by atoms with Crippen LogP contribution in [0.5, 0.6) is 0 Å². The number of nitrogen functional groups attached to an aromatic ring is 2. The SMILES string of the molecule is CC1(C)O[C@@H]2[C@@H](CCCCc3cnc4c(N)cccc4c3)C[C@@H](n3ccc4c(N)ncnc43)[C@@H]2O1. The zero-order chi connectivity index (χ0) is 24.2. The number of hydrogen-bond acceptors (Lipinski definition) is 7. The Labute approximate surface area is 204 Å². The zero-order valence-corrected chi connectivity index (χ0v) is 20.2. The average Bonchev–Trinajstić information content (AvgIpc) is 3.48. The van der Waals surface area contributed by atoms with Gasteiger partial charge in [-0.2, -0.15) is 0 Å². The third-order valence-corrected chi connectivity index (χ3v) is 7.54. The van der Waals surface area contributed by atoms with Crippen molar-refractivity contribution in [3.05, 3.63) is 54.6 Å². The van der Waals surface area contributed by atoms with Crippen LogP contribution in [0.2, 0.25) is 0 Å². The highest BCUT2D eigenvalue weighted by atomic mass is 16.8. The van der Waals surface area contributed by atoms with E-state index in [-0.39, 0.29) is 18.2 Å². The van der Waals surface area contributed by atoms with Crippen molar-refractivity contribution < 1.29 is 9.47 Å². The number of fused-ring (bicyclic) bond motifs is 3. The normalized spacial score (nSPS) is 25.4. The molecule has 0 bridgehead atoms. The van der Waals surface area contributed by atoms with E-state index in [9.17, 15) is 0 Å². The van der Waals surface area contributed by atoms with Gasteiger partial charge in [-0.1, -0.05) is 18.6 Å². The molecule has 182 valence electrons. The molecule has 4 N–H and O–H groups in total. The van der Waals surface area contributed by atoms with E-state index >= 15 is 0 Å². The lowest BCUT2D eigenvalue weighted by molar-refractivity contribution is -0.160. The number of benzene rings is 1. The van der Waals surface area contributed by atoms with Gasteiger partial charge >= 0.3 is 0 Å². The van der Waals surface area contributed by atoms with Gasteiger partial charge in [0.15, 0.2) is 5.79 Å². The van der Waals surface area contributed by atoms with Gasteiger partial charge in [0, 0.05) is 17.8 Å². The summed E-state index contributed by atoms with van der Waals surface area (Å²) in [5, 5.41) is 1.99. The summed E-state index contributed by atoms with van der Waals surface area (Å²) in [5.74, 6) is 0.356. The fourth-order valence-electron chi connectivity index (χ4n) is 5.97. The maximum atomic E-state index is 6.41. The third kappa shape index (κ3) is 4.00. The van der Waals surface area contributed by atoms with E-state index in [1.54, 1.807) is 0 Å². The second-order valence-electron chi connectivity index (χ2n) is 10.4. The molecule has 0 radical (unpaired) electrons. The molecule has 1 saturated carbocycles. The Morgan fingerprint density at radius 1 is 1.06 bits per heavy atom. The van der Waals surface area contributed by atoms with E-state index in [0.717, 1.165) is 59.7 Å². The first kappa shape index (κ1) is 22.2. The van der Waals surface area contributed by atoms with Crippen molar-refractivity contribution in [2.24, 2.45) is 5.92 Å². The highest BCUT2D eigenvalue weighted by Gasteiger charge is 2.54. The summed E-state index contributed by atoms with van der Waals surface area (Å²) in [6.45, 7) is 4.01. The Hall–Kier alpha value is -3.23. The zero-order valence-electron chi connectivity index (χ0n) is 20.2. The van der Waals surface area contributed by atoms with Gasteiger partial charge in [-0.15, -0.1) is 0 Å². The molecule has 2 aliphatic rings. The van der Waals surface area contributed by atoms with Gasteiger partial charge in [0.05, 0.1) is 28.7 Å². The lowest BCUT2D eigenvalue weighted by Crippen LogP contribution is -2.27. The maximum absolute atomic E-state index is 6.41. The van der Waals surface area contributed by atoms with Gasteiger partial charge in [0.25, 0.3) is 0 Å². The molecular formula is C27H32N6O2. The molecule has 0 unspecified atom stereocenters. The van der Waals surface area contributed by atoms with Gasteiger partial charge in [0.1, 0.15) is 23.9 Å². The number of aromatic nitrogens is 4. The Kier molecular flexibility index (Phi) is 5.38. The minimum Gasteiger partial charge on any atom is -0.397 e. The number of pyridine rings is 1. The molecular weight excluding hydrogens is 440 g/mol. The first-order valence-electron chi connectivity index (χ1n) is 12.5. The minimum absolute atomic E-state index is 0.00284. The Balaban J connectivity index is 1.15. The number of ether oxygens (including phenoxy) is 2. The van der Waals surface area contributed by atoms with E-state index in [2.05, 4.69) is 37.8 Å².